The number of halogens is 3. The van der Waals surface area contributed by atoms with Gasteiger partial charge < -0.3 is 9.88 Å². The van der Waals surface area contributed by atoms with Crippen LogP contribution in [0.15, 0.2) is 52.0 Å². The molecule has 9 heteroatoms. The molecule has 2 heterocycles. The maximum atomic E-state index is 12.2. The third kappa shape index (κ3) is 3.41. The topological polar surface area (TPSA) is 58.8 Å². The molecule has 1 aliphatic rings. The molecular formula is C18H11Cl3N4OS. The highest BCUT2D eigenvalue weighted by Crippen LogP contribution is 2.29. The van der Waals surface area contributed by atoms with Crippen molar-refractivity contribution < 1.29 is 4.79 Å². The highest BCUT2D eigenvalue weighted by Gasteiger charge is 2.26. The molecule has 1 amide bonds. The van der Waals surface area contributed by atoms with Crippen molar-refractivity contribution >= 4 is 63.4 Å². The van der Waals surface area contributed by atoms with Gasteiger partial charge in [0, 0.05) is 28.6 Å². The number of carbonyl (C=O) groups excluding carboxylic acids is 1. The average molecular weight is 438 g/mol. The van der Waals surface area contributed by atoms with E-state index < -0.39 is 0 Å². The van der Waals surface area contributed by atoms with E-state index in [1.165, 1.54) is 11.3 Å². The average Bonchev–Trinajstić information content (AvgIpc) is 3.15. The van der Waals surface area contributed by atoms with Crippen molar-refractivity contribution in [1.82, 2.24) is 4.57 Å². The number of thiazole rings is 1. The fourth-order valence-electron chi connectivity index (χ4n) is 2.69. The van der Waals surface area contributed by atoms with Gasteiger partial charge in [0.1, 0.15) is 0 Å². The van der Waals surface area contributed by atoms with E-state index in [9.17, 15) is 4.79 Å². The molecule has 0 unspecified atom stereocenters. The van der Waals surface area contributed by atoms with Gasteiger partial charge in [-0.25, -0.2) is 0 Å². The number of anilines is 1. The molecule has 0 spiro atoms. The van der Waals surface area contributed by atoms with Crippen LogP contribution in [0.2, 0.25) is 15.1 Å². The zero-order valence-electron chi connectivity index (χ0n) is 13.8. The molecule has 5 nitrogen and oxygen atoms in total. The van der Waals surface area contributed by atoms with Gasteiger partial charge >= 0.3 is 0 Å². The van der Waals surface area contributed by atoms with E-state index in [0.29, 0.717) is 31.1 Å². The number of carbonyl (C=O) groups is 1. The predicted octanol–water partition coefficient (Wildman–Crippen LogP) is 4.97. The van der Waals surface area contributed by atoms with Crippen LogP contribution in [0.3, 0.4) is 0 Å². The summed E-state index contributed by atoms with van der Waals surface area (Å²) < 4.78 is 1.88. The highest BCUT2D eigenvalue weighted by molar-refractivity contribution is 7.07. The van der Waals surface area contributed by atoms with Gasteiger partial charge in [-0.2, -0.15) is 0 Å². The molecule has 2 aromatic carbocycles. The molecule has 1 aliphatic heterocycles. The Morgan fingerprint density at radius 1 is 1.04 bits per heavy atom. The number of nitrogens with zero attached hydrogens (tertiary/aromatic N) is 3. The van der Waals surface area contributed by atoms with Gasteiger partial charge in [0.15, 0.2) is 5.71 Å². The third-order valence-electron chi connectivity index (χ3n) is 4.08. The van der Waals surface area contributed by atoms with Gasteiger partial charge in [-0.1, -0.05) is 40.9 Å². The fourth-order valence-corrected chi connectivity index (χ4v) is 4.02. The van der Waals surface area contributed by atoms with Crippen LogP contribution < -0.4 is 10.1 Å². The van der Waals surface area contributed by atoms with Crippen LogP contribution >= 0.6 is 46.1 Å². The van der Waals surface area contributed by atoms with Gasteiger partial charge in [0.2, 0.25) is 4.80 Å². The Kier molecular flexibility index (Phi) is 4.82. The molecule has 136 valence electrons. The zero-order valence-corrected chi connectivity index (χ0v) is 16.9. The smallest absolute Gasteiger partial charge is 0.276 e. The summed E-state index contributed by atoms with van der Waals surface area (Å²) in [6.45, 7) is 0. The fraction of sp³-hybridized carbons (Fsp3) is 0.0556. The Bertz CT molecular complexity index is 1180. The zero-order chi connectivity index (χ0) is 19.1. The molecule has 1 N–H and O–H groups in total. The monoisotopic (exact) mass is 436 g/mol. The van der Waals surface area contributed by atoms with E-state index in [2.05, 4.69) is 15.5 Å². The Morgan fingerprint density at radius 3 is 2.63 bits per heavy atom. The second kappa shape index (κ2) is 7.13. The van der Waals surface area contributed by atoms with Crippen LogP contribution in [-0.4, -0.2) is 16.2 Å². The molecule has 0 aliphatic carbocycles. The van der Waals surface area contributed by atoms with Crippen LogP contribution in [0, 0.1) is 0 Å². The number of rotatable bonds is 2. The maximum absolute atomic E-state index is 12.2. The van der Waals surface area contributed by atoms with Crippen molar-refractivity contribution in [2.45, 2.75) is 0 Å². The second-order valence-corrected chi connectivity index (χ2v) is 7.87. The Balaban J connectivity index is 1.75. The lowest BCUT2D eigenvalue weighted by atomic mass is 10.1. The van der Waals surface area contributed by atoms with Gasteiger partial charge in [0.25, 0.3) is 5.91 Å². The molecule has 0 radical (unpaired) electrons. The molecule has 1 aromatic heterocycles. The van der Waals surface area contributed by atoms with E-state index in [1.807, 2.05) is 23.1 Å². The maximum Gasteiger partial charge on any atom is 0.276 e. The Hall–Kier alpha value is -2.12. The summed E-state index contributed by atoms with van der Waals surface area (Å²) >= 11 is 19.5. The van der Waals surface area contributed by atoms with E-state index in [4.69, 9.17) is 34.8 Å². The molecule has 3 aromatic rings. The van der Waals surface area contributed by atoms with Crippen LogP contribution in [0.25, 0.3) is 11.3 Å². The normalized spacial score (nSPS) is 15.3. The summed E-state index contributed by atoms with van der Waals surface area (Å²) in [5, 5.41) is 14.6. The summed E-state index contributed by atoms with van der Waals surface area (Å²) in [6, 6.07) is 10.6. The van der Waals surface area contributed by atoms with Crippen molar-refractivity contribution in [3.63, 3.8) is 0 Å². The van der Waals surface area contributed by atoms with Gasteiger partial charge in [-0.3, -0.25) is 4.79 Å². The van der Waals surface area contributed by atoms with E-state index in [-0.39, 0.29) is 11.6 Å². The van der Waals surface area contributed by atoms with E-state index >= 15 is 0 Å². The highest BCUT2D eigenvalue weighted by atomic mass is 35.5. The largest absolute Gasteiger partial charge is 0.320 e. The first-order valence-corrected chi connectivity index (χ1v) is 9.78. The predicted molar refractivity (Wildman–Crippen MR) is 111 cm³/mol. The third-order valence-corrected chi connectivity index (χ3v) is 5.96. The lowest BCUT2D eigenvalue weighted by Crippen LogP contribution is -2.15. The minimum absolute atomic E-state index is 0.233. The number of hydrogen-bond acceptors (Lipinski definition) is 4. The molecule has 0 saturated heterocycles. The standard InChI is InChI=1S/C18H11Cl3N4OS/c1-25-15(9-2-4-12(20)13(21)6-9)8-27-18(25)24-23-16-11-7-10(19)3-5-14(11)22-17(16)26/h2-8H,1H3,(H,22,23,26)/b24-18-. The molecular weight excluding hydrogens is 427 g/mol. The summed E-state index contributed by atoms with van der Waals surface area (Å²) in [6.07, 6.45) is 0. The number of hydrogen-bond donors (Lipinski definition) is 1. The lowest BCUT2D eigenvalue weighted by Gasteiger charge is -2.04. The molecule has 4 rings (SSSR count). The molecule has 0 fully saturated rings. The number of nitrogens with one attached hydrogen (secondary N) is 1. The Morgan fingerprint density at radius 2 is 1.85 bits per heavy atom. The Labute approximate surface area is 173 Å². The van der Waals surface area contributed by atoms with Crippen molar-refractivity contribution in [1.29, 1.82) is 0 Å². The number of benzene rings is 2. The van der Waals surface area contributed by atoms with Crippen LogP contribution in [-0.2, 0) is 11.8 Å². The van der Waals surface area contributed by atoms with Crippen molar-refractivity contribution in [2.24, 2.45) is 17.3 Å². The number of aromatic nitrogens is 1. The first-order chi connectivity index (χ1) is 12.9. The minimum Gasteiger partial charge on any atom is -0.320 e. The van der Waals surface area contributed by atoms with Crippen molar-refractivity contribution in [2.75, 3.05) is 5.32 Å². The number of fused-ring (bicyclic) bond motifs is 1. The molecule has 0 saturated carbocycles. The van der Waals surface area contributed by atoms with Crippen LogP contribution in [0.4, 0.5) is 5.69 Å². The van der Waals surface area contributed by atoms with Crippen LogP contribution in [0.1, 0.15) is 5.56 Å². The van der Waals surface area contributed by atoms with E-state index in [1.54, 1.807) is 30.3 Å². The van der Waals surface area contributed by atoms with Gasteiger partial charge in [-0.15, -0.1) is 21.5 Å². The first-order valence-electron chi connectivity index (χ1n) is 7.77. The molecule has 27 heavy (non-hydrogen) atoms. The first kappa shape index (κ1) is 18.3. The SMILES string of the molecule is Cn1c(-c2ccc(Cl)c(Cl)c2)cs/c1=N\N=C1\C(=O)Nc2ccc(Cl)cc21. The molecule has 0 atom stereocenters. The molecule has 0 bridgehead atoms. The summed E-state index contributed by atoms with van der Waals surface area (Å²) in [4.78, 5) is 12.8. The quantitative estimate of drug-likeness (QED) is 0.565. The van der Waals surface area contributed by atoms with Gasteiger partial charge in [-0.05, 0) is 30.3 Å². The summed E-state index contributed by atoms with van der Waals surface area (Å²) in [7, 11) is 1.87. The summed E-state index contributed by atoms with van der Waals surface area (Å²) in [5.41, 5.74) is 3.37. The van der Waals surface area contributed by atoms with E-state index in [0.717, 1.165) is 11.3 Å². The van der Waals surface area contributed by atoms with Crippen molar-refractivity contribution in [3.8, 4) is 11.3 Å². The lowest BCUT2D eigenvalue weighted by molar-refractivity contribution is -0.110. The second-order valence-electron chi connectivity index (χ2n) is 5.78. The summed E-state index contributed by atoms with van der Waals surface area (Å²) in [5.74, 6) is -0.306. The minimum atomic E-state index is -0.306. The number of amides is 1. The van der Waals surface area contributed by atoms with Crippen molar-refractivity contribution in [3.05, 3.63) is 67.2 Å². The van der Waals surface area contributed by atoms with Crippen LogP contribution in [0.5, 0.6) is 0 Å². The van der Waals surface area contributed by atoms with Gasteiger partial charge in [0.05, 0.1) is 21.4 Å².